The van der Waals surface area contributed by atoms with E-state index in [1.165, 1.54) is 0 Å². The van der Waals surface area contributed by atoms with E-state index in [0.717, 1.165) is 6.54 Å². The molecule has 0 rings (SSSR count). The molecule has 3 nitrogen and oxygen atoms in total. The van der Waals surface area contributed by atoms with E-state index >= 15 is 0 Å². The van der Waals surface area contributed by atoms with E-state index in [-0.39, 0.29) is 0 Å². The van der Waals surface area contributed by atoms with E-state index in [1.54, 1.807) is 13.3 Å². The lowest BCUT2D eigenvalue weighted by Gasteiger charge is -2.13. The molecule has 10 heavy (non-hydrogen) atoms. The quantitative estimate of drug-likeness (QED) is 0.610. The van der Waals surface area contributed by atoms with Crippen molar-refractivity contribution in [2.75, 3.05) is 19.9 Å². The highest BCUT2D eigenvalue weighted by atomic mass is 31.2. The van der Waals surface area contributed by atoms with Crippen LogP contribution < -0.4 is 10.4 Å². The summed E-state index contributed by atoms with van der Waals surface area (Å²) >= 11 is 0. The van der Waals surface area contributed by atoms with Gasteiger partial charge in [-0.25, -0.2) is 0 Å². The van der Waals surface area contributed by atoms with E-state index in [4.69, 9.17) is 0 Å². The Hall–Kier alpha value is -0.430. The third kappa shape index (κ3) is 5.70. The Morgan fingerprint density at radius 1 is 1.60 bits per heavy atom. The molecule has 0 heterocycles. The highest BCUT2D eigenvalue weighted by Crippen LogP contribution is 2.30. The molecule has 0 bridgehead atoms. The van der Waals surface area contributed by atoms with Crippen LogP contribution in [0.5, 0.6) is 0 Å². The highest BCUT2D eigenvalue weighted by molar-refractivity contribution is 7.60. The predicted octanol–water partition coefficient (Wildman–Crippen LogP) is 1.19. The Balaban J connectivity index is 3.70. The predicted molar refractivity (Wildman–Crippen MR) is 45.4 cm³/mol. The molecule has 0 aliphatic rings. The van der Waals surface area contributed by atoms with Crippen LogP contribution in [0.4, 0.5) is 0 Å². The summed E-state index contributed by atoms with van der Waals surface area (Å²) in [6.07, 6.45) is 0. The maximum atomic E-state index is 11.1. The van der Waals surface area contributed by atoms with Crippen molar-refractivity contribution >= 4 is 7.29 Å². The third-order valence-corrected chi connectivity index (χ3v) is 1.60. The number of rotatable bonds is 4. The number of nitrogens with one attached hydrogen (secondary N) is 2. The van der Waals surface area contributed by atoms with E-state index in [2.05, 4.69) is 17.0 Å². The summed E-state index contributed by atoms with van der Waals surface area (Å²) in [7, 11) is -2.16. The summed E-state index contributed by atoms with van der Waals surface area (Å²) in [5, 5.41) is 5.69. The van der Waals surface area contributed by atoms with Gasteiger partial charge >= 0.3 is 0 Å². The van der Waals surface area contributed by atoms with E-state index < -0.39 is 7.29 Å². The van der Waals surface area contributed by atoms with Gasteiger partial charge in [0.2, 0.25) is 0 Å². The number of hydrogen-bond acceptors (Lipinski definition) is 2. The molecule has 0 aromatic carbocycles. The summed E-state index contributed by atoms with van der Waals surface area (Å²) in [5.41, 5.74) is 0. The van der Waals surface area contributed by atoms with Gasteiger partial charge in [0.25, 0.3) is 0 Å². The van der Waals surface area contributed by atoms with Crippen molar-refractivity contribution in [3.05, 3.63) is 12.4 Å². The van der Waals surface area contributed by atoms with Crippen LogP contribution in [0, 0.1) is 0 Å². The second-order valence-electron chi connectivity index (χ2n) is 2.47. The van der Waals surface area contributed by atoms with Crippen molar-refractivity contribution in [3.63, 3.8) is 0 Å². The van der Waals surface area contributed by atoms with Gasteiger partial charge in [0.15, 0.2) is 7.29 Å². The van der Waals surface area contributed by atoms with Crippen molar-refractivity contribution < 1.29 is 4.57 Å². The fourth-order valence-corrected chi connectivity index (χ4v) is 1.31. The van der Waals surface area contributed by atoms with Gasteiger partial charge in [-0.05, 0) is 6.92 Å². The topological polar surface area (TPSA) is 41.1 Å². The summed E-state index contributed by atoms with van der Waals surface area (Å²) in [6.45, 7) is 9.72. The van der Waals surface area contributed by atoms with Gasteiger partial charge in [-0.3, -0.25) is 0 Å². The molecule has 0 aromatic rings. The summed E-state index contributed by atoms with van der Waals surface area (Å²) in [5.74, 6) is 0.635. The van der Waals surface area contributed by atoms with Crippen LogP contribution in [0.3, 0.4) is 0 Å². The largest absolute Gasteiger partial charge is 0.372 e. The molecule has 0 atom stereocenters. The van der Waals surface area contributed by atoms with E-state index in [9.17, 15) is 4.57 Å². The van der Waals surface area contributed by atoms with Gasteiger partial charge < -0.3 is 15.0 Å². The second-order valence-corrected chi connectivity index (χ2v) is 5.40. The van der Waals surface area contributed by atoms with Crippen LogP contribution in [0.2, 0.25) is 0 Å². The Kier molecular flexibility index (Phi) is 3.51. The van der Waals surface area contributed by atoms with Crippen molar-refractivity contribution in [1.82, 2.24) is 10.4 Å². The summed E-state index contributed by atoms with van der Waals surface area (Å²) in [6, 6.07) is 0. The van der Waals surface area contributed by atoms with Crippen LogP contribution in [0.25, 0.3) is 0 Å². The van der Waals surface area contributed by atoms with Crippen molar-refractivity contribution in [3.8, 4) is 0 Å². The van der Waals surface area contributed by atoms with Gasteiger partial charge in [0, 0.05) is 19.9 Å². The average molecular weight is 162 g/mol. The molecule has 0 saturated heterocycles. The molecular formula is C6H15N2OP. The Bertz CT molecular complexity index is 161. The van der Waals surface area contributed by atoms with Gasteiger partial charge in [-0.2, -0.15) is 0 Å². The first-order valence-electron chi connectivity index (χ1n) is 3.21. The minimum atomic E-state index is -2.16. The van der Waals surface area contributed by atoms with Crippen LogP contribution in [0.1, 0.15) is 6.92 Å². The summed E-state index contributed by atoms with van der Waals surface area (Å²) in [4.78, 5) is 0. The molecule has 0 aliphatic carbocycles. The Morgan fingerprint density at radius 3 is 2.40 bits per heavy atom. The molecule has 4 heteroatoms. The van der Waals surface area contributed by atoms with Crippen LogP contribution in [0.15, 0.2) is 12.4 Å². The van der Waals surface area contributed by atoms with Gasteiger partial charge in [0.1, 0.15) is 0 Å². The first kappa shape index (κ1) is 9.57. The maximum absolute atomic E-state index is 11.1. The van der Waals surface area contributed by atoms with E-state index in [1.807, 2.05) is 6.92 Å². The molecule has 0 fully saturated rings. The van der Waals surface area contributed by atoms with Crippen LogP contribution in [-0.2, 0) is 4.57 Å². The zero-order valence-electron chi connectivity index (χ0n) is 6.77. The Morgan fingerprint density at radius 2 is 2.10 bits per heavy atom. The van der Waals surface area contributed by atoms with Gasteiger partial charge in [-0.1, -0.05) is 6.58 Å². The molecule has 0 saturated carbocycles. The third-order valence-electron chi connectivity index (χ3n) is 0.794. The molecule has 0 unspecified atom stereocenters. The highest BCUT2D eigenvalue weighted by Gasteiger charge is 2.04. The van der Waals surface area contributed by atoms with Crippen molar-refractivity contribution in [2.24, 2.45) is 0 Å². The Labute approximate surface area is 62.3 Å². The fourth-order valence-electron chi connectivity index (χ4n) is 0.578. The number of hydrogen-bond donors (Lipinski definition) is 2. The second kappa shape index (κ2) is 3.67. The summed E-state index contributed by atoms with van der Waals surface area (Å²) < 4.78 is 11.1. The zero-order valence-corrected chi connectivity index (χ0v) is 7.66. The van der Waals surface area contributed by atoms with Crippen LogP contribution >= 0.6 is 7.29 Å². The first-order valence-corrected chi connectivity index (χ1v) is 5.82. The SMILES string of the molecule is C=C(NCC)NP(C)(C)=O. The zero-order chi connectivity index (χ0) is 8.20. The minimum Gasteiger partial charge on any atom is -0.372 e. The van der Waals surface area contributed by atoms with Crippen LogP contribution in [-0.4, -0.2) is 19.9 Å². The average Bonchev–Trinajstić information content (AvgIpc) is 1.59. The smallest absolute Gasteiger partial charge is 0.165 e. The normalized spacial score (nSPS) is 10.7. The van der Waals surface area contributed by atoms with Crippen molar-refractivity contribution in [2.45, 2.75) is 6.92 Å². The monoisotopic (exact) mass is 162 g/mol. The molecule has 0 spiro atoms. The lowest BCUT2D eigenvalue weighted by atomic mass is 10.7. The minimum absolute atomic E-state index is 0.635. The first-order chi connectivity index (χ1) is 4.45. The van der Waals surface area contributed by atoms with Crippen molar-refractivity contribution in [1.29, 1.82) is 0 Å². The fraction of sp³-hybridized carbons (Fsp3) is 0.667. The van der Waals surface area contributed by atoms with Gasteiger partial charge in [-0.15, -0.1) is 0 Å². The van der Waals surface area contributed by atoms with E-state index in [0.29, 0.717) is 5.82 Å². The molecule has 60 valence electrons. The maximum Gasteiger partial charge on any atom is 0.165 e. The lowest BCUT2D eigenvalue weighted by Crippen LogP contribution is -2.22. The van der Waals surface area contributed by atoms with Gasteiger partial charge in [0.05, 0.1) is 5.82 Å². The molecule has 0 radical (unpaired) electrons. The molecule has 2 N–H and O–H groups in total. The molecule has 0 amide bonds. The molecule has 0 aromatic heterocycles. The molecule has 0 aliphatic heterocycles. The lowest BCUT2D eigenvalue weighted by molar-refractivity contribution is 0.575. The standard InChI is InChI=1S/C6H15N2OP/c1-5-7-6(2)8-10(3,4)9/h7H,2,5H2,1,3-4H3,(H,8,9). The molecular weight excluding hydrogens is 147 g/mol.